The molecule has 0 unspecified atom stereocenters. The van der Waals surface area contributed by atoms with Crippen LogP contribution in [0, 0.1) is 24.7 Å². The molecule has 1 atom stereocenters. The maximum atomic E-state index is 12.6. The van der Waals surface area contributed by atoms with Crippen LogP contribution in [-0.4, -0.2) is 45.5 Å². The summed E-state index contributed by atoms with van der Waals surface area (Å²) in [6.07, 6.45) is -0.289. The molecular formula is C25H39F3N6O2. The third-order valence-corrected chi connectivity index (χ3v) is 6.21. The normalized spacial score (nSPS) is 20.7. The molecule has 0 spiro atoms. The molecule has 4 rings (SSSR count). The van der Waals surface area contributed by atoms with Crippen LogP contribution in [0.2, 0.25) is 0 Å². The molecule has 1 aliphatic carbocycles. The van der Waals surface area contributed by atoms with Crippen molar-refractivity contribution in [3.8, 4) is 5.88 Å². The molecular weight excluding hydrogens is 473 g/mol. The molecule has 0 aromatic carbocycles. The average molecular weight is 513 g/mol. The van der Waals surface area contributed by atoms with Gasteiger partial charge in [-0.3, -0.25) is 4.79 Å². The van der Waals surface area contributed by atoms with Gasteiger partial charge in [-0.25, -0.2) is 19.9 Å². The van der Waals surface area contributed by atoms with Crippen molar-refractivity contribution in [2.24, 2.45) is 17.8 Å². The van der Waals surface area contributed by atoms with E-state index in [1.54, 1.807) is 0 Å². The first-order valence-electron chi connectivity index (χ1n) is 11.0. The lowest BCUT2D eigenvalue weighted by atomic mass is 9.73. The second-order valence-electron chi connectivity index (χ2n) is 9.17. The van der Waals surface area contributed by atoms with Crippen molar-refractivity contribution in [1.29, 1.82) is 0 Å². The van der Waals surface area contributed by atoms with Gasteiger partial charge in [-0.2, -0.15) is 13.2 Å². The van der Waals surface area contributed by atoms with Crippen LogP contribution in [0.4, 0.5) is 24.7 Å². The summed E-state index contributed by atoms with van der Waals surface area (Å²) in [6.45, 7) is 6.27. The molecule has 11 heteroatoms. The van der Waals surface area contributed by atoms with E-state index in [2.05, 4.69) is 20.3 Å². The van der Waals surface area contributed by atoms with Crippen molar-refractivity contribution in [3.05, 3.63) is 29.6 Å². The quantitative estimate of drug-likeness (QED) is 0.541. The van der Waals surface area contributed by atoms with Gasteiger partial charge >= 0.3 is 6.18 Å². The number of aromatic nitrogens is 4. The molecule has 36 heavy (non-hydrogen) atoms. The Bertz CT molecular complexity index is 1020. The van der Waals surface area contributed by atoms with Gasteiger partial charge in [0.05, 0.1) is 24.7 Å². The van der Waals surface area contributed by atoms with Crippen molar-refractivity contribution >= 4 is 17.4 Å². The molecule has 0 radical (unpaired) electrons. The fourth-order valence-electron chi connectivity index (χ4n) is 4.54. The molecule has 1 N–H and O–H groups in total. The minimum Gasteiger partial charge on any atom is -0.476 e. The zero-order valence-electron chi connectivity index (χ0n) is 19.0. The first-order chi connectivity index (χ1) is 15.5. The summed E-state index contributed by atoms with van der Waals surface area (Å²) in [6, 6.07) is -0.279. The minimum atomic E-state index is -4.51. The second-order valence-corrected chi connectivity index (χ2v) is 9.17. The van der Waals surface area contributed by atoms with E-state index < -0.39 is 11.9 Å². The van der Waals surface area contributed by atoms with E-state index in [1.165, 1.54) is 0 Å². The van der Waals surface area contributed by atoms with Gasteiger partial charge in [0.2, 0.25) is 11.8 Å². The number of rotatable bonds is 6. The van der Waals surface area contributed by atoms with E-state index >= 15 is 0 Å². The Balaban J connectivity index is 0.00000216. The maximum Gasteiger partial charge on any atom is 0.434 e. The molecule has 1 amide bonds. The third-order valence-electron chi connectivity index (χ3n) is 6.21. The number of anilines is 2. The molecule has 1 aliphatic heterocycles. The highest BCUT2D eigenvalue weighted by Gasteiger charge is 2.36. The topological polar surface area (TPSA) is 93.1 Å². The Hall–Kier alpha value is -2.98. The summed E-state index contributed by atoms with van der Waals surface area (Å²) < 4.78 is 43.2. The summed E-state index contributed by atoms with van der Waals surface area (Å²) in [7, 11) is 1.89. The van der Waals surface area contributed by atoms with E-state index in [4.69, 9.17) is 9.72 Å². The van der Waals surface area contributed by atoms with Crippen LogP contribution >= 0.6 is 0 Å². The fourth-order valence-corrected chi connectivity index (χ4v) is 4.54. The number of likely N-dealkylation sites (N-methyl/N-ethyl adjacent to an activating group) is 1. The van der Waals surface area contributed by atoms with Crippen LogP contribution < -0.4 is 15.0 Å². The number of nitrogens with zero attached hydrogens (tertiary/aromatic N) is 5. The van der Waals surface area contributed by atoms with Crippen LogP contribution in [0.1, 0.15) is 66.2 Å². The lowest BCUT2D eigenvalue weighted by molar-refractivity contribution is -0.141. The monoisotopic (exact) mass is 512 g/mol. The summed E-state index contributed by atoms with van der Waals surface area (Å²) in [5.41, 5.74) is 0.377. The van der Waals surface area contributed by atoms with E-state index in [9.17, 15) is 18.0 Å². The molecule has 1 fully saturated rings. The number of amides is 1. The van der Waals surface area contributed by atoms with Crippen LogP contribution in [0.3, 0.4) is 0 Å². The van der Waals surface area contributed by atoms with Gasteiger partial charge in [0.25, 0.3) is 0 Å². The lowest BCUT2D eigenvalue weighted by Crippen LogP contribution is -2.49. The Labute approximate surface area is 212 Å². The van der Waals surface area contributed by atoms with Crippen molar-refractivity contribution in [2.45, 2.75) is 74.5 Å². The first kappa shape index (κ1) is 31.1. The van der Waals surface area contributed by atoms with Gasteiger partial charge in [0.1, 0.15) is 17.6 Å². The average Bonchev–Trinajstić information content (AvgIpc) is 2.70. The predicted octanol–water partition coefficient (Wildman–Crippen LogP) is 5.56. The van der Waals surface area contributed by atoms with Crippen molar-refractivity contribution in [3.63, 3.8) is 0 Å². The van der Waals surface area contributed by atoms with Crippen molar-refractivity contribution < 1.29 is 22.7 Å². The Morgan fingerprint density at radius 1 is 1.11 bits per heavy atom. The summed E-state index contributed by atoms with van der Waals surface area (Å²) in [5, 5.41) is 2.95. The SMILES string of the molecule is C.C.C.Cc1nc(CC2CC(COc3cnc(C(F)(F)F)cn3)C2)nc2c1NC(=O)[C@H](C(C)C)N2C. The fraction of sp³-hybridized carbons (Fsp3) is 0.640. The molecule has 1 saturated carbocycles. The molecule has 0 saturated heterocycles. The smallest absolute Gasteiger partial charge is 0.434 e. The number of hydrogen-bond acceptors (Lipinski definition) is 7. The molecule has 2 aromatic rings. The zero-order chi connectivity index (χ0) is 23.9. The Morgan fingerprint density at radius 2 is 1.78 bits per heavy atom. The van der Waals surface area contributed by atoms with Gasteiger partial charge in [0.15, 0.2) is 11.5 Å². The number of alkyl halides is 3. The highest BCUT2D eigenvalue weighted by molar-refractivity contribution is 6.03. The number of carbonyl (C=O) groups is 1. The molecule has 0 bridgehead atoms. The van der Waals surface area contributed by atoms with E-state index in [-0.39, 0.29) is 46.0 Å². The summed E-state index contributed by atoms with van der Waals surface area (Å²) in [5.74, 6) is 2.38. The van der Waals surface area contributed by atoms with Gasteiger partial charge in [0, 0.05) is 13.5 Å². The van der Waals surface area contributed by atoms with Gasteiger partial charge in [-0.05, 0) is 37.5 Å². The number of ether oxygens (including phenoxy) is 1. The zero-order valence-corrected chi connectivity index (χ0v) is 19.0. The van der Waals surface area contributed by atoms with E-state index in [1.807, 2.05) is 32.7 Å². The largest absolute Gasteiger partial charge is 0.476 e. The predicted molar refractivity (Wildman–Crippen MR) is 135 cm³/mol. The molecule has 3 heterocycles. The molecule has 2 aliphatic rings. The van der Waals surface area contributed by atoms with Crippen LogP contribution in [0.15, 0.2) is 12.4 Å². The highest BCUT2D eigenvalue weighted by atomic mass is 19.4. The van der Waals surface area contributed by atoms with E-state index in [0.29, 0.717) is 30.3 Å². The first-order valence-corrected chi connectivity index (χ1v) is 11.0. The number of halogens is 3. The minimum absolute atomic E-state index is 0. The standard InChI is InChI=1S/C22H27F3N6O2.3CH4/c1-11(2)19-21(32)30-18-12(3)28-16(29-20(18)31(19)4)7-13-5-14(6-13)10-33-17-9-26-15(8-27-17)22(23,24)25;;;/h8-9,11,13-14,19H,5-7,10H2,1-4H3,(H,30,32);3*1H4/t13?,14?,19-;;;/m0.../s1. The number of aryl methyl sites for hydroxylation is 1. The Morgan fingerprint density at radius 3 is 2.33 bits per heavy atom. The number of nitrogens with one attached hydrogen (secondary N) is 1. The maximum absolute atomic E-state index is 12.6. The number of fused-ring (bicyclic) bond motifs is 1. The molecule has 2 aromatic heterocycles. The van der Waals surface area contributed by atoms with Gasteiger partial charge < -0.3 is 15.0 Å². The molecule has 8 nitrogen and oxygen atoms in total. The lowest BCUT2D eigenvalue weighted by Gasteiger charge is -2.37. The third kappa shape index (κ3) is 6.41. The number of carbonyl (C=O) groups excluding carboxylic acids is 1. The van der Waals surface area contributed by atoms with Gasteiger partial charge in [-0.15, -0.1) is 0 Å². The van der Waals surface area contributed by atoms with Crippen molar-refractivity contribution in [1.82, 2.24) is 19.9 Å². The summed E-state index contributed by atoms with van der Waals surface area (Å²) in [4.78, 5) is 30.8. The van der Waals surface area contributed by atoms with Crippen molar-refractivity contribution in [2.75, 3.05) is 23.9 Å². The van der Waals surface area contributed by atoms with Crippen LogP contribution in [0.25, 0.3) is 0 Å². The number of hydrogen-bond donors (Lipinski definition) is 1. The Kier molecular flexibility index (Phi) is 10.2. The van der Waals surface area contributed by atoms with Crippen LogP contribution in [-0.2, 0) is 17.4 Å². The van der Waals surface area contributed by atoms with Crippen LogP contribution in [0.5, 0.6) is 5.88 Å². The molecule has 202 valence electrons. The second kappa shape index (κ2) is 11.8. The summed E-state index contributed by atoms with van der Waals surface area (Å²) >= 11 is 0. The highest BCUT2D eigenvalue weighted by Crippen LogP contribution is 2.38. The van der Waals surface area contributed by atoms with Gasteiger partial charge in [-0.1, -0.05) is 36.1 Å². The van der Waals surface area contributed by atoms with E-state index in [0.717, 1.165) is 42.8 Å².